The van der Waals surface area contributed by atoms with Crippen molar-refractivity contribution in [1.29, 1.82) is 0 Å². The van der Waals surface area contributed by atoms with Crippen molar-refractivity contribution in [3.63, 3.8) is 0 Å². The minimum atomic E-state index is -2.88. The van der Waals surface area contributed by atoms with Gasteiger partial charge >= 0.3 is 6.61 Å². The molecule has 2 aromatic carbocycles. The summed E-state index contributed by atoms with van der Waals surface area (Å²) in [5.41, 5.74) is 1.08. The Bertz CT molecular complexity index is 891. The number of nitrogens with zero attached hydrogens (tertiary/aromatic N) is 1. The van der Waals surface area contributed by atoms with Crippen LogP contribution in [0.5, 0.6) is 5.75 Å². The number of carbonyl (C=O) groups is 2. The molecule has 0 bridgehead atoms. The van der Waals surface area contributed by atoms with Gasteiger partial charge in [-0.1, -0.05) is 12.1 Å². The highest BCUT2D eigenvalue weighted by molar-refractivity contribution is 5.94. The number of benzene rings is 2. The molecule has 30 heavy (non-hydrogen) atoms. The molecule has 1 N–H and O–H groups in total. The maximum absolute atomic E-state index is 13.0. The van der Waals surface area contributed by atoms with Crippen LogP contribution in [0.3, 0.4) is 0 Å². The van der Waals surface area contributed by atoms with Crippen LogP contribution in [-0.4, -0.2) is 42.5 Å². The molecule has 1 heterocycles. The normalized spacial score (nSPS) is 14.9. The van der Waals surface area contributed by atoms with E-state index in [1.54, 1.807) is 23.1 Å². The Kier molecular flexibility index (Phi) is 7.11. The highest BCUT2D eigenvalue weighted by Gasteiger charge is 2.23. The minimum Gasteiger partial charge on any atom is -0.435 e. The van der Waals surface area contributed by atoms with Crippen LogP contribution in [0, 0.1) is 5.82 Å². The van der Waals surface area contributed by atoms with Gasteiger partial charge < -0.3 is 15.0 Å². The Labute approximate surface area is 172 Å². The number of likely N-dealkylation sites (tertiary alicyclic amines) is 1. The van der Waals surface area contributed by atoms with Gasteiger partial charge in [-0.3, -0.25) is 9.59 Å². The monoisotopic (exact) mass is 418 g/mol. The van der Waals surface area contributed by atoms with Crippen molar-refractivity contribution in [2.45, 2.75) is 25.5 Å². The zero-order chi connectivity index (χ0) is 21.5. The first kappa shape index (κ1) is 21.4. The molecular weight excluding hydrogens is 397 g/mol. The van der Waals surface area contributed by atoms with Crippen molar-refractivity contribution >= 4 is 17.9 Å². The van der Waals surface area contributed by atoms with Gasteiger partial charge in [-0.15, -0.1) is 0 Å². The van der Waals surface area contributed by atoms with Crippen molar-refractivity contribution in [3.05, 3.63) is 71.6 Å². The quantitative estimate of drug-likeness (QED) is 0.725. The average molecular weight is 418 g/mol. The van der Waals surface area contributed by atoms with E-state index in [4.69, 9.17) is 0 Å². The molecule has 0 unspecified atom stereocenters. The molecule has 158 valence electrons. The first-order valence-electron chi connectivity index (χ1n) is 9.49. The molecule has 5 nitrogen and oxygen atoms in total. The fourth-order valence-corrected chi connectivity index (χ4v) is 3.15. The maximum Gasteiger partial charge on any atom is 0.387 e. The number of rotatable bonds is 6. The second-order valence-electron chi connectivity index (χ2n) is 6.86. The second-order valence-corrected chi connectivity index (χ2v) is 6.86. The SMILES string of the molecule is O=C(NC1CCN(C(=O)/C=C/c2ccc(OC(F)F)cc2)CC1)c1ccc(F)cc1. The van der Waals surface area contributed by atoms with E-state index in [1.807, 2.05) is 0 Å². The molecule has 3 rings (SSSR count). The van der Waals surface area contributed by atoms with E-state index in [1.165, 1.54) is 42.5 Å². The Morgan fingerprint density at radius 2 is 1.67 bits per heavy atom. The van der Waals surface area contributed by atoms with Gasteiger partial charge in [-0.25, -0.2) is 4.39 Å². The van der Waals surface area contributed by atoms with Crippen LogP contribution in [0.25, 0.3) is 6.08 Å². The number of hydrogen-bond acceptors (Lipinski definition) is 3. The lowest BCUT2D eigenvalue weighted by molar-refractivity contribution is -0.127. The summed E-state index contributed by atoms with van der Waals surface area (Å²) >= 11 is 0. The topological polar surface area (TPSA) is 58.6 Å². The molecule has 0 atom stereocenters. The number of alkyl halides is 2. The zero-order valence-electron chi connectivity index (χ0n) is 16.1. The number of ether oxygens (including phenoxy) is 1. The fraction of sp³-hybridized carbons (Fsp3) is 0.273. The van der Waals surface area contributed by atoms with Crippen LogP contribution in [0.1, 0.15) is 28.8 Å². The van der Waals surface area contributed by atoms with Crippen molar-refractivity contribution < 1.29 is 27.5 Å². The van der Waals surface area contributed by atoms with Crippen molar-refractivity contribution in [2.75, 3.05) is 13.1 Å². The first-order chi connectivity index (χ1) is 14.4. The molecule has 2 amide bonds. The molecule has 1 aliphatic rings. The Morgan fingerprint density at radius 1 is 1.03 bits per heavy atom. The van der Waals surface area contributed by atoms with Crippen LogP contribution in [0.15, 0.2) is 54.6 Å². The number of nitrogens with one attached hydrogen (secondary N) is 1. The zero-order valence-corrected chi connectivity index (χ0v) is 16.1. The summed E-state index contributed by atoms with van der Waals surface area (Å²) in [6, 6.07) is 11.3. The number of piperidine rings is 1. The lowest BCUT2D eigenvalue weighted by Gasteiger charge is -2.31. The molecule has 1 fully saturated rings. The van der Waals surface area contributed by atoms with Crippen molar-refractivity contribution in [2.24, 2.45) is 0 Å². The van der Waals surface area contributed by atoms with Gasteiger partial charge in [0.2, 0.25) is 5.91 Å². The first-order valence-corrected chi connectivity index (χ1v) is 9.49. The predicted molar refractivity (Wildman–Crippen MR) is 106 cm³/mol. The predicted octanol–water partition coefficient (Wildman–Crippen LogP) is 3.86. The van der Waals surface area contributed by atoms with Gasteiger partial charge in [0.25, 0.3) is 5.91 Å². The Balaban J connectivity index is 1.46. The molecule has 0 aromatic heterocycles. The van der Waals surface area contributed by atoms with Crippen molar-refractivity contribution in [1.82, 2.24) is 10.2 Å². The van der Waals surface area contributed by atoms with Crippen LogP contribution in [0.2, 0.25) is 0 Å². The number of hydrogen-bond donors (Lipinski definition) is 1. The molecule has 1 saturated heterocycles. The van der Waals surface area contributed by atoms with Crippen molar-refractivity contribution in [3.8, 4) is 5.75 Å². The van der Waals surface area contributed by atoms with E-state index in [-0.39, 0.29) is 23.6 Å². The minimum absolute atomic E-state index is 0.0539. The summed E-state index contributed by atoms with van der Waals surface area (Å²) in [5.74, 6) is -0.771. The number of carbonyl (C=O) groups excluding carboxylic acids is 2. The highest BCUT2D eigenvalue weighted by Crippen LogP contribution is 2.16. The molecule has 2 aromatic rings. The summed E-state index contributed by atoms with van der Waals surface area (Å²) < 4.78 is 41.5. The molecule has 0 saturated carbocycles. The van der Waals surface area contributed by atoms with E-state index >= 15 is 0 Å². The third kappa shape index (κ3) is 6.10. The van der Waals surface area contributed by atoms with Gasteiger partial charge in [0.05, 0.1) is 0 Å². The third-order valence-electron chi connectivity index (χ3n) is 4.77. The Morgan fingerprint density at radius 3 is 2.27 bits per heavy atom. The molecule has 8 heteroatoms. The summed E-state index contributed by atoms with van der Waals surface area (Å²) in [6.45, 7) is -1.88. The smallest absolute Gasteiger partial charge is 0.387 e. The summed E-state index contributed by atoms with van der Waals surface area (Å²) in [5, 5.41) is 2.91. The van der Waals surface area contributed by atoms with E-state index in [0.29, 0.717) is 37.1 Å². The van der Waals surface area contributed by atoms with Crippen LogP contribution in [-0.2, 0) is 4.79 Å². The van der Waals surface area contributed by atoms with Crippen LogP contribution < -0.4 is 10.1 Å². The largest absolute Gasteiger partial charge is 0.435 e. The fourth-order valence-electron chi connectivity index (χ4n) is 3.15. The van der Waals surface area contributed by atoms with Gasteiger partial charge in [0.15, 0.2) is 0 Å². The summed E-state index contributed by atoms with van der Waals surface area (Å²) in [7, 11) is 0. The van der Waals surface area contributed by atoms with E-state index in [2.05, 4.69) is 10.1 Å². The molecule has 0 radical (unpaired) electrons. The van der Waals surface area contributed by atoms with E-state index < -0.39 is 12.4 Å². The molecule has 0 aliphatic carbocycles. The summed E-state index contributed by atoms with van der Waals surface area (Å²) in [6.07, 6.45) is 4.27. The molecule has 1 aliphatic heterocycles. The lowest BCUT2D eigenvalue weighted by Crippen LogP contribution is -2.46. The molecular formula is C22H21F3N2O3. The van der Waals surface area contributed by atoms with Crippen LogP contribution >= 0.6 is 0 Å². The average Bonchev–Trinajstić information content (AvgIpc) is 2.73. The van der Waals surface area contributed by atoms with E-state index in [9.17, 15) is 22.8 Å². The second kappa shape index (κ2) is 9.96. The number of halogens is 3. The summed E-state index contributed by atoms with van der Waals surface area (Å²) in [4.78, 5) is 26.3. The highest BCUT2D eigenvalue weighted by atomic mass is 19.3. The van der Waals surface area contributed by atoms with Gasteiger partial charge in [-0.05, 0) is 60.9 Å². The van der Waals surface area contributed by atoms with Gasteiger partial charge in [0.1, 0.15) is 11.6 Å². The standard InChI is InChI=1S/C22H21F3N2O3/c23-17-6-4-16(5-7-17)21(29)26-18-11-13-27(14-12-18)20(28)10-3-15-1-8-19(9-2-15)30-22(24)25/h1-10,18,22H,11-14H2,(H,26,29)/b10-3+. The Hall–Kier alpha value is -3.29. The molecule has 0 spiro atoms. The maximum atomic E-state index is 13.0. The third-order valence-corrected chi connectivity index (χ3v) is 4.77. The van der Waals surface area contributed by atoms with Crippen LogP contribution in [0.4, 0.5) is 13.2 Å². The van der Waals surface area contributed by atoms with E-state index in [0.717, 1.165) is 0 Å². The lowest BCUT2D eigenvalue weighted by atomic mass is 10.0. The number of amides is 2. The van der Waals surface area contributed by atoms with Gasteiger partial charge in [-0.2, -0.15) is 8.78 Å². The van der Waals surface area contributed by atoms with Gasteiger partial charge in [0, 0.05) is 30.8 Å².